The van der Waals surface area contributed by atoms with Gasteiger partial charge in [-0.1, -0.05) is 18.2 Å². The highest BCUT2D eigenvalue weighted by molar-refractivity contribution is 5.86. The molecule has 9 nitrogen and oxygen atoms in total. The predicted octanol–water partition coefficient (Wildman–Crippen LogP) is 1.52. The Kier molecular flexibility index (Phi) is 3.83. The summed E-state index contributed by atoms with van der Waals surface area (Å²) >= 11 is 0. The fourth-order valence-corrected chi connectivity index (χ4v) is 2.76. The third-order valence-electron chi connectivity index (χ3n) is 4.29. The van der Waals surface area contributed by atoms with Crippen LogP contribution >= 0.6 is 0 Å². The van der Waals surface area contributed by atoms with Gasteiger partial charge in [-0.15, -0.1) is 0 Å². The summed E-state index contributed by atoms with van der Waals surface area (Å²) in [7, 11) is 1.60. The lowest BCUT2D eigenvalue weighted by Crippen LogP contribution is -2.34. The normalized spacial score (nSPS) is 13.7. The summed E-state index contributed by atoms with van der Waals surface area (Å²) in [5, 5.41) is 0. The molecule has 1 aliphatic carbocycles. The summed E-state index contributed by atoms with van der Waals surface area (Å²) in [5.74, 6) is 0.288. The van der Waals surface area contributed by atoms with E-state index in [0.29, 0.717) is 5.69 Å². The Bertz CT molecular complexity index is 1080. The van der Waals surface area contributed by atoms with Gasteiger partial charge in [0.15, 0.2) is 12.3 Å². The second kappa shape index (κ2) is 6.17. The van der Waals surface area contributed by atoms with E-state index in [2.05, 4.69) is 15.0 Å². The smallest absolute Gasteiger partial charge is 0.414 e. The van der Waals surface area contributed by atoms with Crippen LogP contribution in [0.5, 0.6) is 0 Å². The Morgan fingerprint density at radius 2 is 2.00 bits per heavy atom. The molecule has 26 heavy (non-hydrogen) atoms. The van der Waals surface area contributed by atoms with Crippen molar-refractivity contribution in [1.82, 2.24) is 19.5 Å². The fourth-order valence-electron chi connectivity index (χ4n) is 2.76. The van der Waals surface area contributed by atoms with Crippen molar-refractivity contribution in [1.29, 1.82) is 0 Å². The minimum absolute atomic E-state index is 0.0419. The van der Waals surface area contributed by atoms with E-state index in [-0.39, 0.29) is 29.6 Å². The van der Waals surface area contributed by atoms with E-state index in [1.807, 2.05) is 18.2 Å². The molecule has 2 aromatic heterocycles. The van der Waals surface area contributed by atoms with Crippen LogP contribution in [0.4, 0.5) is 10.5 Å². The lowest BCUT2D eigenvalue weighted by molar-refractivity contribution is 0.146. The average Bonchev–Trinajstić information content (AvgIpc) is 3.39. The second-order valence-electron chi connectivity index (χ2n) is 6.19. The minimum atomic E-state index is -0.555. The fraction of sp³-hybridized carbons (Fsp3) is 0.294. The SMILES string of the molecule is CN(C(=O)OCc1nc2[nH]c(=O)n(C3CC3)c(=O)c2[nH]1)c1ccccc1. The number of carbonyl (C=O) groups excluding carboxylic acids is 1. The molecule has 0 unspecified atom stereocenters. The van der Waals surface area contributed by atoms with Gasteiger partial charge in [0, 0.05) is 18.8 Å². The molecular formula is C17H17N5O4. The Balaban J connectivity index is 1.53. The number of ether oxygens (including phenoxy) is 1. The van der Waals surface area contributed by atoms with E-state index in [0.717, 1.165) is 12.8 Å². The maximum atomic E-state index is 12.4. The molecule has 1 aromatic carbocycles. The number of H-pyrrole nitrogens is 2. The summed E-state index contributed by atoms with van der Waals surface area (Å²) in [6.07, 6.45) is 1.08. The zero-order valence-electron chi connectivity index (χ0n) is 14.1. The number of aromatic amines is 2. The van der Waals surface area contributed by atoms with Gasteiger partial charge in [-0.05, 0) is 25.0 Å². The number of para-hydroxylation sites is 1. The van der Waals surface area contributed by atoms with Gasteiger partial charge < -0.3 is 9.72 Å². The third kappa shape index (κ3) is 2.87. The van der Waals surface area contributed by atoms with Crippen LogP contribution in [-0.2, 0) is 11.3 Å². The van der Waals surface area contributed by atoms with Crippen LogP contribution in [0.3, 0.4) is 0 Å². The highest BCUT2D eigenvalue weighted by atomic mass is 16.6. The molecular weight excluding hydrogens is 338 g/mol. The molecule has 134 valence electrons. The number of benzene rings is 1. The van der Waals surface area contributed by atoms with Crippen molar-refractivity contribution in [3.8, 4) is 0 Å². The van der Waals surface area contributed by atoms with Crippen LogP contribution in [0, 0.1) is 0 Å². The van der Waals surface area contributed by atoms with Crippen molar-refractivity contribution in [2.24, 2.45) is 0 Å². The molecule has 1 amide bonds. The lowest BCUT2D eigenvalue weighted by Gasteiger charge is -2.16. The van der Waals surface area contributed by atoms with Crippen molar-refractivity contribution in [2.75, 3.05) is 11.9 Å². The Hall–Kier alpha value is -3.36. The van der Waals surface area contributed by atoms with Gasteiger partial charge in [-0.2, -0.15) is 0 Å². The number of nitrogens with one attached hydrogen (secondary N) is 2. The number of carbonyl (C=O) groups is 1. The molecule has 0 aliphatic heterocycles. The average molecular weight is 355 g/mol. The highest BCUT2D eigenvalue weighted by Crippen LogP contribution is 2.32. The monoisotopic (exact) mass is 355 g/mol. The first-order chi connectivity index (χ1) is 12.5. The third-order valence-corrected chi connectivity index (χ3v) is 4.29. The predicted molar refractivity (Wildman–Crippen MR) is 94.3 cm³/mol. The van der Waals surface area contributed by atoms with Crippen LogP contribution in [0.15, 0.2) is 39.9 Å². The van der Waals surface area contributed by atoms with E-state index in [9.17, 15) is 14.4 Å². The Morgan fingerprint density at radius 1 is 1.27 bits per heavy atom. The number of imidazole rings is 1. The first kappa shape index (κ1) is 16.1. The topological polar surface area (TPSA) is 113 Å². The van der Waals surface area contributed by atoms with Crippen molar-refractivity contribution >= 4 is 22.9 Å². The van der Waals surface area contributed by atoms with Gasteiger partial charge in [0.2, 0.25) is 0 Å². The van der Waals surface area contributed by atoms with Crippen molar-refractivity contribution in [3.63, 3.8) is 0 Å². The summed E-state index contributed by atoms with van der Waals surface area (Å²) < 4.78 is 6.43. The second-order valence-corrected chi connectivity index (χ2v) is 6.19. The summed E-state index contributed by atoms with van der Waals surface area (Å²) in [5.41, 5.74) is 0.193. The van der Waals surface area contributed by atoms with Gasteiger partial charge >= 0.3 is 11.8 Å². The zero-order chi connectivity index (χ0) is 18.3. The van der Waals surface area contributed by atoms with E-state index in [1.54, 1.807) is 19.2 Å². The van der Waals surface area contributed by atoms with E-state index in [1.165, 1.54) is 9.47 Å². The number of hydrogen-bond donors (Lipinski definition) is 2. The summed E-state index contributed by atoms with van der Waals surface area (Å²) in [6.45, 7) is -0.143. The molecule has 0 saturated heterocycles. The molecule has 4 rings (SSSR count). The molecule has 9 heteroatoms. The summed E-state index contributed by atoms with van der Waals surface area (Å²) in [4.78, 5) is 47.5. The van der Waals surface area contributed by atoms with Crippen LogP contribution in [-0.4, -0.2) is 32.7 Å². The van der Waals surface area contributed by atoms with Gasteiger partial charge in [-0.3, -0.25) is 19.2 Å². The number of aromatic nitrogens is 4. The van der Waals surface area contributed by atoms with E-state index in [4.69, 9.17) is 4.74 Å². The highest BCUT2D eigenvalue weighted by Gasteiger charge is 2.28. The van der Waals surface area contributed by atoms with E-state index < -0.39 is 17.3 Å². The van der Waals surface area contributed by atoms with Gasteiger partial charge in [-0.25, -0.2) is 14.6 Å². The van der Waals surface area contributed by atoms with Crippen molar-refractivity contribution in [2.45, 2.75) is 25.5 Å². The van der Waals surface area contributed by atoms with Gasteiger partial charge in [0.05, 0.1) is 0 Å². The molecule has 1 fully saturated rings. The quantitative estimate of drug-likeness (QED) is 0.737. The molecule has 0 radical (unpaired) electrons. The van der Waals surface area contributed by atoms with Gasteiger partial charge in [0.1, 0.15) is 11.3 Å². The molecule has 0 atom stereocenters. The van der Waals surface area contributed by atoms with Crippen molar-refractivity contribution < 1.29 is 9.53 Å². The molecule has 1 aliphatic rings. The van der Waals surface area contributed by atoms with Crippen LogP contribution in [0.25, 0.3) is 11.2 Å². The summed E-state index contributed by atoms with van der Waals surface area (Å²) in [6, 6.07) is 9.02. The number of anilines is 1. The number of fused-ring (bicyclic) bond motifs is 1. The zero-order valence-corrected chi connectivity index (χ0v) is 14.1. The Morgan fingerprint density at radius 3 is 2.69 bits per heavy atom. The molecule has 3 aromatic rings. The van der Waals surface area contributed by atoms with E-state index >= 15 is 0 Å². The molecule has 2 heterocycles. The van der Waals surface area contributed by atoms with Crippen LogP contribution < -0.4 is 16.1 Å². The Labute approximate surface area is 147 Å². The van der Waals surface area contributed by atoms with Crippen LogP contribution in [0.2, 0.25) is 0 Å². The maximum absolute atomic E-state index is 12.4. The standard InChI is InChI=1S/C17H17N5O4/c1-21(10-5-3-2-4-6-10)17(25)26-9-12-18-13-14(19-12)20-16(24)22(15(13)23)11-7-8-11/h2-6,11H,7-9H2,1H3,(H,18,19)(H,20,24). The lowest BCUT2D eigenvalue weighted by atomic mass is 10.3. The van der Waals surface area contributed by atoms with Crippen molar-refractivity contribution in [3.05, 3.63) is 57.0 Å². The number of rotatable bonds is 4. The van der Waals surface area contributed by atoms with Gasteiger partial charge in [0.25, 0.3) is 5.56 Å². The maximum Gasteiger partial charge on any atom is 0.414 e. The first-order valence-corrected chi connectivity index (χ1v) is 8.23. The molecule has 0 spiro atoms. The molecule has 0 bridgehead atoms. The number of hydrogen-bond acceptors (Lipinski definition) is 5. The first-order valence-electron chi connectivity index (χ1n) is 8.23. The minimum Gasteiger partial charge on any atom is -0.441 e. The number of nitrogens with zero attached hydrogens (tertiary/aromatic N) is 3. The molecule has 1 saturated carbocycles. The number of amides is 1. The van der Waals surface area contributed by atoms with Crippen LogP contribution in [0.1, 0.15) is 24.7 Å². The molecule has 2 N–H and O–H groups in total. The largest absolute Gasteiger partial charge is 0.441 e.